The highest BCUT2D eigenvalue weighted by molar-refractivity contribution is 5.66. The number of unbranched alkanes of at least 4 members (excludes halogenated alkanes) is 23. The van der Waals surface area contributed by atoms with E-state index >= 15 is 0 Å². The summed E-state index contributed by atoms with van der Waals surface area (Å²) in [6.07, 6.45) is 33.5. The monoisotopic (exact) mass is 1280 g/mol. The first-order valence-corrected chi connectivity index (χ1v) is 36.4. The molecule has 7 aromatic rings. The molecule has 0 atom stereocenters. The average molecular weight is 1280 g/mol. The molecule has 0 saturated heterocycles. The van der Waals surface area contributed by atoms with Gasteiger partial charge in [0.25, 0.3) is 0 Å². The van der Waals surface area contributed by atoms with E-state index in [2.05, 4.69) is 128 Å². The Bertz CT molecular complexity index is 2890. The summed E-state index contributed by atoms with van der Waals surface area (Å²) in [5, 5.41) is 8.87. The lowest BCUT2D eigenvalue weighted by Gasteiger charge is -2.14. The molecule has 0 saturated carbocycles. The van der Waals surface area contributed by atoms with Gasteiger partial charge in [0, 0.05) is 18.2 Å². The van der Waals surface area contributed by atoms with E-state index in [4.69, 9.17) is 42.6 Å². The molecule has 0 bridgehead atoms. The predicted molar refractivity (Wildman–Crippen MR) is 388 cm³/mol. The summed E-state index contributed by atoms with van der Waals surface area (Å²) in [7, 11) is 0. The van der Waals surface area contributed by atoms with E-state index in [1.54, 1.807) is 0 Å². The largest absolute Gasteiger partial charge is 0.494 e. The zero-order valence-electron chi connectivity index (χ0n) is 57.5. The maximum Gasteiger partial charge on any atom is 0.126 e. The van der Waals surface area contributed by atoms with E-state index in [-0.39, 0.29) is 0 Å². The van der Waals surface area contributed by atoms with Crippen LogP contribution in [0.4, 0.5) is 11.4 Å². The van der Waals surface area contributed by atoms with E-state index in [9.17, 15) is 0 Å². The zero-order valence-corrected chi connectivity index (χ0v) is 57.5. The number of hydrogen-bond acceptors (Lipinski definition) is 11. The van der Waals surface area contributed by atoms with Crippen LogP contribution in [0.15, 0.2) is 174 Å². The highest BCUT2D eigenvalue weighted by atomic mass is 16.5. The van der Waals surface area contributed by atoms with Gasteiger partial charge in [0.05, 0.1) is 70.8 Å². The minimum absolute atomic E-state index is 0.613. The van der Waals surface area contributed by atoms with Crippen molar-refractivity contribution in [3.63, 3.8) is 0 Å². The molecule has 94 heavy (non-hydrogen) atoms. The van der Waals surface area contributed by atoms with Gasteiger partial charge < -0.3 is 42.6 Å². The molecular weight excluding hydrogens is 1170 g/mol. The lowest BCUT2D eigenvalue weighted by Crippen LogP contribution is -2.03. The maximum absolute atomic E-state index is 6.34. The van der Waals surface area contributed by atoms with Crippen molar-refractivity contribution in [2.45, 2.75) is 207 Å². The van der Waals surface area contributed by atoms with Gasteiger partial charge in [-0.3, -0.25) is 0 Å². The second-order valence-electron chi connectivity index (χ2n) is 24.8. The Kier molecular flexibility index (Phi) is 37.1. The fourth-order valence-corrected chi connectivity index (χ4v) is 11.0. The first-order chi connectivity index (χ1) is 46.5. The van der Waals surface area contributed by atoms with Crippen LogP contribution < -0.4 is 42.6 Å². The minimum Gasteiger partial charge on any atom is -0.494 e. The molecule has 0 unspecified atom stereocenters. The van der Waals surface area contributed by atoms with Crippen LogP contribution in [0.3, 0.4) is 0 Å². The van der Waals surface area contributed by atoms with Gasteiger partial charge in [0.2, 0.25) is 0 Å². The summed E-state index contributed by atoms with van der Waals surface area (Å²) < 4.78 is 55.2. The number of nitrogens with zero attached hydrogens (tertiary/aromatic N) is 2. The van der Waals surface area contributed by atoms with Crippen molar-refractivity contribution in [1.82, 2.24) is 0 Å². The fraction of sp³-hybridized carbons (Fsp3) is 0.494. The molecular formula is C83H112N2O9. The van der Waals surface area contributed by atoms with E-state index < -0.39 is 0 Å². The van der Waals surface area contributed by atoms with Crippen molar-refractivity contribution < 1.29 is 42.6 Å². The number of azo groups is 1. The number of rotatable bonds is 54. The average Bonchev–Trinajstić information content (AvgIpc) is 2.29. The van der Waals surface area contributed by atoms with Gasteiger partial charge in [0.1, 0.15) is 51.7 Å². The Morgan fingerprint density at radius 2 is 0.340 bits per heavy atom. The highest BCUT2D eigenvalue weighted by Crippen LogP contribution is 2.31. The summed E-state index contributed by atoms with van der Waals surface area (Å²) in [4.78, 5) is 0. The van der Waals surface area contributed by atoms with Crippen molar-refractivity contribution in [2.24, 2.45) is 10.2 Å². The Balaban J connectivity index is 0.766. The molecule has 0 spiro atoms. The van der Waals surface area contributed by atoms with Gasteiger partial charge in [-0.2, -0.15) is 10.2 Å². The third-order valence-electron chi connectivity index (χ3n) is 16.7. The Morgan fingerprint density at radius 1 is 0.181 bits per heavy atom. The fourth-order valence-electron chi connectivity index (χ4n) is 11.0. The molecule has 0 N–H and O–H groups in total. The molecule has 0 heterocycles. The molecule has 11 nitrogen and oxygen atoms in total. The molecule has 0 radical (unpaired) electrons. The second kappa shape index (κ2) is 47.3. The Labute approximate surface area is 565 Å². The van der Waals surface area contributed by atoms with Crippen molar-refractivity contribution in [2.75, 3.05) is 59.5 Å². The third-order valence-corrected chi connectivity index (χ3v) is 16.7. The number of hydrogen-bond donors (Lipinski definition) is 0. The normalized spacial score (nSPS) is 11.2. The van der Waals surface area contributed by atoms with Gasteiger partial charge in [-0.25, -0.2) is 0 Å². The first kappa shape index (κ1) is 73.7. The van der Waals surface area contributed by atoms with Crippen molar-refractivity contribution in [3.8, 4) is 74.0 Å². The molecule has 0 aliphatic carbocycles. The topological polar surface area (TPSA) is 108 Å². The Morgan fingerprint density at radius 3 is 0.543 bits per heavy atom. The van der Waals surface area contributed by atoms with Crippen LogP contribution in [0.2, 0.25) is 0 Å². The molecule has 0 fully saturated rings. The van der Waals surface area contributed by atoms with Gasteiger partial charge in [0.15, 0.2) is 0 Å². The lowest BCUT2D eigenvalue weighted by atomic mass is 10.1. The maximum atomic E-state index is 6.34. The number of benzene rings is 7. The molecule has 0 aliphatic rings. The van der Waals surface area contributed by atoms with E-state index in [1.165, 1.54) is 101 Å². The first-order valence-electron chi connectivity index (χ1n) is 36.4. The third kappa shape index (κ3) is 31.5. The van der Waals surface area contributed by atoms with Crippen LogP contribution in [0.25, 0.3) is 22.3 Å². The van der Waals surface area contributed by atoms with Crippen molar-refractivity contribution >= 4 is 11.4 Å². The summed E-state index contributed by atoms with van der Waals surface area (Å²) in [5.41, 5.74) is 6.24. The van der Waals surface area contributed by atoms with Crippen molar-refractivity contribution in [1.29, 1.82) is 0 Å². The summed E-state index contributed by atoms with van der Waals surface area (Å²) in [6, 6.07) is 55.2. The quantitative estimate of drug-likeness (QED) is 0.0272. The van der Waals surface area contributed by atoms with Crippen LogP contribution in [0.1, 0.15) is 207 Å². The summed E-state index contributed by atoms with van der Waals surface area (Å²) in [5.74, 6) is 7.66. The van der Waals surface area contributed by atoms with Gasteiger partial charge in [-0.05, 0) is 216 Å². The van der Waals surface area contributed by atoms with Crippen LogP contribution >= 0.6 is 0 Å². The molecule has 0 aromatic heterocycles. The standard InChI is InChI=1S/C83H112N2O9/c1-4-7-10-13-14-15-16-17-26-59-90-79-53-41-73(42-54-79)84-85-74-43-55-80(56-44-74)91-62-29-20-23-32-65-94-83-67-81(92-63-30-21-18-27-60-88-77-49-37-71(38-50-77)69-33-45-75(46-34-69)86-57-24-11-8-5-2)66-82(68-83)93-64-31-22-19-28-61-89-78-51-39-72(40-52-78)70-35-47-76(48-36-70)87-58-25-12-9-6-3/h33-56,66-68H,4-32,57-65H2,1-3H3. The van der Waals surface area contributed by atoms with E-state index in [0.717, 1.165) is 190 Å². The SMILES string of the molecule is CCCCCCCCCCCOc1ccc(N=Nc2ccc(OCCCCCCOc3cc(OCCCCCCOc4ccc(-c5ccc(OCCCCCC)cc5)cc4)cc(OCCCCCCOc4ccc(-c5ccc(OCCCCCC)cc5)cc4)c3)cc2)cc1. The van der Waals surface area contributed by atoms with Crippen LogP contribution in [-0.4, -0.2) is 59.5 Å². The van der Waals surface area contributed by atoms with Crippen LogP contribution in [0, 0.1) is 0 Å². The second-order valence-corrected chi connectivity index (χ2v) is 24.8. The van der Waals surface area contributed by atoms with E-state index in [0.29, 0.717) is 39.6 Å². The van der Waals surface area contributed by atoms with Gasteiger partial charge >= 0.3 is 0 Å². The number of ether oxygens (including phenoxy) is 9. The molecule has 0 aliphatic heterocycles. The van der Waals surface area contributed by atoms with Crippen LogP contribution in [-0.2, 0) is 0 Å². The van der Waals surface area contributed by atoms with Crippen LogP contribution in [0.5, 0.6) is 51.7 Å². The Hall–Kier alpha value is -7.66. The minimum atomic E-state index is 0.613. The molecule has 0 amide bonds. The molecule has 508 valence electrons. The lowest BCUT2D eigenvalue weighted by molar-refractivity contribution is 0.269. The zero-order chi connectivity index (χ0) is 65.4. The van der Waals surface area contributed by atoms with Gasteiger partial charge in [-0.15, -0.1) is 0 Å². The van der Waals surface area contributed by atoms with Gasteiger partial charge in [-0.1, -0.05) is 159 Å². The molecule has 11 heteroatoms. The predicted octanol–water partition coefficient (Wildman–Crippen LogP) is 24.3. The summed E-state index contributed by atoms with van der Waals surface area (Å²) in [6.45, 7) is 12.9. The van der Waals surface area contributed by atoms with Crippen molar-refractivity contribution in [3.05, 3.63) is 164 Å². The molecule has 7 aromatic carbocycles. The van der Waals surface area contributed by atoms with E-state index in [1.807, 2.05) is 66.7 Å². The summed E-state index contributed by atoms with van der Waals surface area (Å²) >= 11 is 0. The highest BCUT2D eigenvalue weighted by Gasteiger charge is 2.09. The smallest absolute Gasteiger partial charge is 0.126 e. The molecule has 7 rings (SSSR count).